The van der Waals surface area contributed by atoms with Crippen LogP contribution < -0.4 is 30.5 Å². The Hall–Kier alpha value is -4.87. The maximum absolute atomic E-state index is 13.5. The molecule has 0 saturated carbocycles. The van der Waals surface area contributed by atoms with E-state index in [0.717, 1.165) is 16.7 Å². The Morgan fingerprint density at radius 3 is 2.70 bits per heavy atom. The van der Waals surface area contributed by atoms with Crippen molar-refractivity contribution in [2.24, 2.45) is 0 Å². The van der Waals surface area contributed by atoms with E-state index in [4.69, 9.17) is 14.2 Å². The van der Waals surface area contributed by atoms with Crippen molar-refractivity contribution in [3.63, 3.8) is 0 Å². The fourth-order valence-electron chi connectivity index (χ4n) is 5.61. The molecular formula is C32H37N5O7. The third kappa shape index (κ3) is 7.01. The average Bonchev–Trinajstić information content (AvgIpc) is 2.99. The zero-order valence-electron chi connectivity index (χ0n) is 25.3. The standard InChI is InChI=1S/C32H37N5O7/c1-18-5-6-21-13-27(18)43-17-29(38)33-15-22-7-8-23(14-28(22)42-4)44-26-11-12-37(16-25(26)36-31(21)40)30(39)10-9-24-19(2)34-32(41)35-20(24)3/h5-8,13-14,25-26H,9-12,15-17H2,1-4H3,(H,33,38)(H,36,40)(H,34,35,41)/t25-,26+/m0/s1. The van der Waals surface area contributed by atoms with Crippen LogP contribution >= 0.6 is 0 Å². The second-order valence-corrected chi connectivity index (χ2v) is 11.1. The highest BCUT2D eigenvalue weighted by Gasteiger charge is 2.34. The number of nitrogens with zero attached hydrogens (tertiary/aromatic N) is 2. The molecule has 2 aromatic carbocycles. The number of ether oxygens (including phenoxy) is 3. The summed E-state index contributed by atoms with van der Waals surface area (Å²) in [5.74, 6) is 0.780. The first-order chi connectivity index (χ1) is 21.1. The number of rotatable bonds is 4. The number of likely N-dealkylation sites (tertiary alicyclic amines) is 1. The highest BCUT2D eigenvalue weighted by molar-refractivity contribution is 5.95. The van der Waals surface area contributed by atoms with Gasteiger partial charge in [-0.15, -0.1) is 0 Å². The van der Waals surface area contributed by atoms with Gasteiger partial charge in [0.1, 0.15) is 23.4 Å². The number of fused-ring (bicyclic) bond motifs is 7. The number of carbonyl (C=O) groups excluding carboxylic acids is 3. The number of aromatic amines is 1. The number of carbonyl (C=O) groups is 3. The Labute approximate surface area is 255 Å². The van der Waals surface area contributed by atoms with E-state index >= 15 is 0 Å². The molecule has 1 aromatic heterocycles. The van der Waals surface area contributed by atoms with Gasteiger partial charge in [-0.1, -0.05) is 6.07 Å². The molecule has 4 heterocycles. The number of hydrogen-bond donors (Lipinski definition) is 3. The molecule has 2 atom stereocenters. The molecule has 3 aliphatic heterocycles. The number of aromatic nitrogens is 2. The molecule has 12 heteroatoms. The summed E-state index contributed by atoms with van der Waals surface area (Å²) in [6.07, 6.45) is 0.717. The van der Waals surface area contributed by atoms with Gasteiger partial charge in [0.15, 0.2) is 6.61 Å². The van der Waals surface area contributed by atoms with Crippen molar-refractivity contribution in [3.8, 4) is 17.2 Å². The summed E-state index contributed by atoms with van der Waals surface area (Å²) in [6.45, 7) is 6.11. The van der Waals surface area contributed by atoms with E-state index in [0.29, 0.717) is 53.6 Å². The first-order valence-corrected chi connectivity index (χ1v) is 14.6. The summed E-state index contributed by atoms with van der Waals surface area (Å²) < 4.78 is 17.7. The van der Waals surface area contributed by atoms with Crippen molar-refractivity contribution in [1.29, 1.82) is 0 Å². The van der Waals surface area contributed by atoms with Crippen LogP contribution in [-0.4, -0.2) is 71.5 Å². The van der Waals surface area contributed by atoms with Gasteiger partial charge in [0.2, 0.25) is 5.91 Å². The van der Waals surface area contributed by atoms with Crippen molar-refractivity contribution in [2.45, 2.75) is 58.7 Å². The zero-order chi connectivity index (χ0) is 31.4. The summed E-state index contributed by atoms with van der Waals surface area (Å²) in [5.41, 5.74) is 3.65. The second kappa shape index (κ2) is 13.2. The van der Waals surface area contributed by atoms with Crippen molar-refractivity contribution >= 4 is 17.7 Å². The van der Waals surface area contributed by atoms with Gasteiger partial charge in [-0.3, -0.25) is 14.4 Å². The summed E-state index contributed by atoms with van der Waals surface area (Å²) in [5, 5.41) is 5.91. The van der Waals surface area contributed by atoms with Gasteiger partial charge < -0.3 is 34.7 Å². The molecule has 0 radical (unpaired) electrons. The molecule has 3 aromatic rings. The van der Waals surface area contributed by atoms with E-state index in [2.05, 4.69) is 20.6 Å². The molecular weight excluding hydrogens is 566 g/mol. The highest BCUT2D eigenvalue weighted by Crippen LogP contribution is 2.28. The lowest BCUT2D eigenvalue weighted by atomic mass is 9.99. The highest BCUT2D eigenvalue weighted by atomic mass is 16.5. The average molecular weight is 604 g/mol. The van der Waals surface area contributed by atoms with Crippen molar-refractivity contribution in [3.05, 3.63) is 80.5 Å². The Kier molecular flexibility index (Phi) is 9.17. The molecule has 4 bridgehead atoms. The van der Waals surface area contributed by atoms with Gasteiger partial charge in [-0.2, -0.15) is 4.98 Å². The molecule has 44 heavy (non-hydrogen) atoms. The number of amides is 3. The van der Waals surface area contributed by atoms with Crippen LogP contribution in [0.4, 0.5) is 0 Å². The smallest absolute Gasteiger partial charge is 0.345 e. The molecule has 3 aliphatic rings. The number of hydrogen-bond acceptors (Lipinski definition) is 8. The first kappa shape index (κ1) is 30.6. The fourth-order valence-corrected chi connectivity index (χ4v) is 5.61. The molecule has 3 amide bonds. The minimum atomic E-state index is -0.520. The number of benzene rings is 2. The van der Waals surface area contributed by atoms with E-state index in [1.807, 2.05) is 13.0 Å². The van der Waals surface area contributed by atoms with Crippen LogP contribution in [0.2, 0.25) is 0 Å². The summed E-state index contributed by atoms with van der Waals surface area (Å²) in [4.78, 5) is 59.5. The van der Waals surface area contributed by atoms with Crippen LogP contribution in [0.3, 0.4) is 0 Å². The number of piperidine rings is 1. The SMILES string of the molecule is COc1cc2ccc1CNC(=O)COc1cc(ccc1C)C(=O)N[C@H]1CN(C(=O)CCc3c(C)nc(=O)[nH]c3C)CC[C@H]1O2. The van der Waals surface area contributed by atoms with Crippen LogP contribution in [0.25, 0.3) is 0 Å². The zero-order valence-corrected chi connectivity index (χ0v) is 25.3. The van der Waals surface area contributed by atoms with Crippen molar-refractivity contribution < 1.29 is 28.6 Å². The van der Waals surface area contributed by atoms with Crippen LogP contribution in [0.1, 0.15) is 51.3 Å². The van der Waals surface area contributed by atoms with Gasteiger partial charge in [0, 0.05) is 61.1 Å². The topological polar surface area (TPSA) is 152 Å². The number of H-pyrrole nitrogens is 1. The predicted molar refractivity (Wildman–Crippen MR) is 161 cm³/mol. The van der Waals surface area contributed by atoms with E-state index < -0.39 is 17.8 Å². The minimum absolute atomic E-state index is 0.0692. The normalized spacial score (nSPS) is 18.7. The lowest BCUT2D eigenvalue weighted by Gasteiger charge is -2.39. The number of nitrogens with one attached hydrogen (secondary N) is 3. The minimum Gasteiger partial charge on any atom is -0.496 e. The largest absolute Gasteiger partial charge is 0.496 e. The second-order valence-electron chi connectivity index (χ2n) is 11.1. The van der Waals surface area contributed by atoms with Crippen LogP contribution in [-0.2, 0) is 22.6 Å². The monoisotopic (exact) mass is 603 g/mol. The Bertz CT molecular complexity index is 1610. The molecule has 12 nitrogen and oxygen atoms in total. The maximum Gasteiger partial charge on any atom is 0.345 e. The molecule has 232 valence electrons. The summed E-state index contributed by atoms with van der Waals surface area (Å²) in [7, 11) is 1.55. The molecule has 6 rings (SSSR count). The quantitative estimate of drug-likeness (QED) is 0.410. The van der Waals surface area contributed by atoms with Crippen molar-refractivity contribution in [1.82, 2.24) is 25.5 Å². The Morgan fingerprint density at radius 1 is 1.11 bits per heavy atom. The summed E-state index contributed by atoms with van der Waals surface area (Å²) in [6, 6.07) is 9.92. The molecule has 3 N–H and O–H groups in total. The van der Waals surface area contributed by atoms with Gasteiger partial charge in [-0.05, 0) is 62.6 Å². The lowest BCUT2D eigenvalue weighted by Crippen LogP contribution is -2.58. The van der Waals surface area contributed by atoms with E-state index in [1.165, 1.54) is 0 Å². The van der Waals surface area contributed by atoms with Gasteiger partial charge in [0.05, 0.1) is 13.2 Å². The molecule has 1 fully saturated rings. The molecule has 0 spiro atoms. The molecule has 0 aliphatic carbocycles. The first-order valence-electron chi connectivity index (χ1n) is 14.6. The maximum atomic E-state index is 13.5. The number of methoxy groups -OCH3 is 1. The van der Waals surface area contributed by atoms with Gasteiger partial charge >= 0.3 is 5.69 Å². The van der Waals surface area contributed by atoms with Crippen molar-refractivity contribution in [2.75, 3.05) is 26.8 Å². The van der Waals surface area contributed by atoms with E-state index in [9.17, 15) is 19.2 Å². The lowest BCUT2D eigenvalue weighted by molar-refractivity contribution is -0.133. The van der Waals surface area contributed by atoms with Crippen LogP contribution in [0, 0.1) is 20.8 Å². The van der Waals surface area contributed by atoms with E-state index in [-0.39, 0.29) is 43.8 Å². The van der Waals surface area contributed by atoms with Gasteiger partial charge in [0.25, 0.3) is 11.8 Å². The number of aryl methyl sites for hydroxylation is 3. The van der Waals surface area contributed by atoms with E-state index in [1.54, 1.807) is 56.2 Å². The third-order valence-electron chi connectivity index (χ3n) is 8.09. The molecule has 0 unspecified atom stereocenters. The van der Waals surface area contributed by atoms with Gasteiger partial charge in [-0.25, -0.2) is 4.79 Å². The Balaban J connectivity index is 1.39. The predicted octanol–water partition coefficient (Wildman–Crippen LogP) is 2.12. The summed E-state index contributed by atoms with van der Waals surface area (Å²) >= 11 is 0. The Morgan fingerprint density at radius 2 is 1.93 bits per heavy atom. The third-order valence-corrected chi connectivity index (χ3v) is 8.09. The van der Waals surface area contributed by atoms with Crippen LogP contribution in [0.5, 0.6) is 17.2 Å². The van der Waals surface area contributed by atoms with Crippen LogP contribution in [0.15, 0.2) is 41.2 Å². The fraction of sp³-hybridized carbons (Fsp3) is 0.406. The molecule has 1 saturated heterocycles.